The van der Waals surface area contributed by atoms with Gasteiger partial charge in [0, 0.05) is 18.5 Å². The van der Waals surface area contributed by atoms with E-state index in [0.29, 0.717) is 37.4 Å². The Balaban J connectivity index is 1.79. The Bertz CT molecular complexity index is 1110. The number of fused-ring (bicyclic) bond motifs is 1. The van der Waals surface area contributed by atoms with E-state index in [4.69, 9.17) is 14.2 Å². The fourth-order valence-electron chi connectivity index (χ4n) is 4.18. The summed E-state index contributed by atoms with van der Waals surface area (Å²) in [6.07, 6.45) is 5.78. The lowest BCUT2D eigenvalue weighted by atomic mass is 10.0. The molecule has 0 aliphatic rings. The van der Waals surface area contributed by atoms with Crippen LogP contribution in [0, 0.1) is 0 Å². The van der Waals surface area contributed by atoms with Crippen molar-refractivity contribution < 1.29 is 33.7 Å². The van der Waals surface area contributed by atoms with Crippen molar-refractivity contribution >= 4 is 29.1 Å². The molecule has 0 bridgehead atoms. The number of unbranched alkanes of at least 4 members (excludes halogenated alkanes) is 5. The number of hydrogen-bond donors (Lipinski definition) is 4. The summed E-state index contributed by atoms with van der Waals surface area (Å²) >= 11 is 0. The van der Waals surface area contributed by atoms with Crippen molar-refractivity contribution in [2.75, 3.05) is 19.7 Å². The summed E-state index contributed by atoms with van der Waals surface area (Å²) in [5.41, 5.74) is 0.652. The van der Waals surface area contributed by atoms with Crippen LogP contribution in [0.5, 0.6) is 5.75 Å². The number of aromatic carboxylic acids is 1. The summed E-state index contributed by atoms with van der Waals surface area (Å²) in [4.78, 5) is 38.5. The number of aryl methyl sites for hydroxylation is 1. The molecule has 0 saturated heterocycles. The third kappa shape index (κ3) is 12.2. The first-order valence-corrected chi connectivity index (χ1v) is 14.2. The number of carbonyl (C=O) groups excluding carboxylic acids is 2. The largest absolute Gasteiger partial charge is 0.491 e. The van der Waals surface area contributed by atoms with Gasteiger partial charge in [0.05, 0.1) is 12.1 Å². The van der Waals surface area contributed by atoms with Crippen molar-refractivity contribution in [2.45, 2.75) is 104 Å². The molecular weight excluding hydrogens is 514 g/mol. The fourth-order valence-corrected chi connectivity index (χ4v) is 4.18. The zero-order valence-corrected chi connectivity index (χ0v) is 24.9. The molecule has 0 radical (unpaired) electrons. The first-order valence-electron chi connectivity index (χ1n) is 14.2. The van der Waals surface area contributed by atoms with Crippen molar-refractivity contribution in [3.05, 3.63) is 29.5 Å². The predicted octanol–water partition coefficient (Wildman–Crippen LogP) is 6.57. The molecule has 0 spiro atoms. The van der Waals surface area contributed by atoms with Crippen LogP contribution in [0.4, 0.5) is 9.59 Å². The second-order valence-electron chi connectivity index (χ2n) is 11.9. The highest BCUT2D eigenvalue weighted by atomic mass is 16.6. The van der Waals surface area contributed by atoms with Crippen LogP contribution in [-0.2, 0) is 15.9 Å². The number of carboxylic acid groups (broad SMARTS) is 1. The summed E-state index contributed by atoms with van der Waals surface area (Å²) in [5.74, 6) is -0.359. The van der Waals surface area contributed by atoms with E-state index < -0.39 is 29.4 Å². The van der Waals surface area contributed by atoms with E-state index in [-0.39, 0.29) is 5.69 Å². The third-order valence-electron chi connectivity index (χ3n) is 5.89. The molecule has 40 heavy (non-hydrogen) atoms. The number of rotatable bonds is 15. The average Bonchev–Trinajstić information content (AvgIpc) is 3.20. The zero-order valence-electron chi connectivity index (χ0n) is 24.9. The maximum Gasteiger partial charge on any atom is 0.407 e. The van der Waals surface area contributed by atoms with Crippen LogP contribution in [0.3, 0.4) is 0 Å². The Kier molecular flexibility index (Phi) is 12.6. The highest BCUT2D eigenvalue weighted by molar-refractivity contribution is 5.99. The molecular formula is C30H47N3O7. The van der Waals surface area contributed by atoms with Gasteiger partial charge in [-0.25, -0.2) is 14.4 Å². The van der Waals surface area contributed by atoms with Gasteiger partial charge in [-0.05, 0) is 91.7 Å². The number of aromatic amines is 1. The number of amides is 2. The van der Waals surface area contributed by atoms with Gasteiger partial charge in [-0.2, -0.15) is 0 Å². The maximum atomic E-state index is 12.0. The zero-order chi connectivity index (χ0) is 29.8. The molecule has 1 aromatic carbocycles. The van der Waals surface area contributed by atoms with E-state index in [0.717, 1.165) is 55.9 Å². The molecule has 2 amide bonds. The molecule has 0 atom stereocenters. The minimum Gasteiger partial charge on any atom is -0.491 e. The van der Waals surface area contributed by atoms with Gasteiger partial charge in [0.25, 0.3) is 0 Å². The van der Waals surface area contributed by atoms with Gasteiger partial charge in [-0.3, -0.25) is 0 Å². The van der Waals surface area contributed by atoms with Crippen LogP contribution in [-0.4, -0.2) is 59.1 Å². The Hall–Kier alpha value is -3.43. The van der Waals surface area contributed by atoms with Gasteiger partial charge in [-0.15, -0.1) is 0 Å². The number of H-pyrrole nitrogens is 1. The fraction of sp³-hybridized carbons (Fsp3) is 0.633. The second-order valence-corrected chi connectivity index (χ2v) is 11.9. The summed E-state index contributed by atoms with van der Waals surface area (Å²) in [6, 6.07) is 5.65. The van der Waals surface area contributed by atoms with Crippen LogP contribution in [0.15, 0.2) is 18.2 Å². The molecule has 0 saturated carbocycles. The summed E-state index contributed by atoms with van der Waals surface area (Å²) in [5, 5.41) is 16.2. The normalized spacial score (nSPS) is 11.8. The van der Waals surface area contributed by atoms with Crippen molar-refractivity contribution in [3.8, 4) is 5.75 Å². The lowest BCUT2D eigenvalue weighted by Crippen LogP contribution is -2.33. The second kappa shape index (κ2) is 15.4. The first-order chi connectivity index (χ1) is 18.8. The Labute approximate surface area is 237 Å². The highest BCUT2D eigenvalue weighted by Crippen LogP contribution is 2.31. The van der Waals surface area contributed by atoms with Crippen LogP contribution in [0.1, 0.15) is 103 Å². The number of para-hydroxylation sites is 1. The first kappa shape index (κ1) is 32.8. The van der Waals surface area contributed by atoms with Crippen LogP contribution >= 0.6 is 0 Å². The van der Waals surface area contributed by atoms with Gasteiger partial charge in [0.1, 0.15) is 22.6 Å². The number of hydrogen-bond acceptors (Lipinski definition) is 6. The number of ether oxygens (including phenoxy) is 3. The molecule has 1 aromatic heterocycles. The number of alkyl carbamates (subject to hydrolysis) is 2. The standard InChI is InChI=1S/C30H47N3O7/c1-29(2,3)39-27(36)31-18-11-8-7-10-15-22-21-16-14-17-23(24(21)33-25(22)26(34)35)38-20-13-9-12-19-32-28(37)40-30(4,5)6/h14,16-17,33H,7-13,15,18-20H2,1-6H3,(H,31,36)(H,32,37)(H,34,35). The summed E-state index contributed by atoms with van der Waals surface area (Å²) < 4.78 is 16.5. The van der Waals surface area contributed by atoms with Gasteiger partial charge in [0.2, 0.25) is 0 Å². The summed E-state index contributed by atoms with van der Waals surface area (Å²) in [6.45, 7) is 12.5. The predicted molar refractivity (Wildman–Crippen MR) is 155 cm³/mol. The molecule has 2 rings (SSSR count). The molecule has 1 heterocycles. The molecule has 4 N–H and O–H groups in total. The van der Waals surface area contributed by atoms with E-state index in [1.54, 1.807) is 0 Å². The van der Waals surface area contributed by atoms with Gasteiger partial charge >= 0.3 is 18.2 Å². The van der Waals surface area contributed by atoms with Gasteiger partial charge in [0.15, 0.2) is 0 Å². The SMILES string of the molecule is CC(C)(C)OC(=O)NCCCCCCc1c(C(=O)O)[nH]c2c(OCCCCCNC(=O)OC(C)(C)C)cccc12. The molecule has 224 valence electrons. The highest BCUT2D eigenvalue weighted by Gasteiger charge is 2.19. The number of aromatic nitrogens is 1. The van der Waals surface area contributed by atoms with E-state index in [1.165, 1.54) is 0 Å². The van der Waals surface area contributed by atoms with Crippen molar-refractivity contribution in [1.82, 2.24) is 15.6 Å². The molecule has 2 aromatic rings. The quantitative estimate of drug-likeness (QED) is 0.180. The van der Waals surface area contributed by atoms with E-state index >= 15 is 0 Å². The summed E-state index contributed by atoms with van der Waals surface area (Å²) in [7, 11) is 0. The van der Waals surface area contributed by atoms with E-state index in [9.17, 15) is 19.5 Å². The molecule has 0 unspecified atom stereocenters. The maximum absolute atomic E-state index is 12.0. The Morgan fingerprint density at radius 3 is 1.90 bits per heavy atom. The minimum atomic E-state index is -0.990. The van der Waals surface area contributed by atoms with Crippen LogP contribution < -0.4 is 15.4 Å². The van der Waals surface area contributed by atoms with Crippen molar-refractivity contribution in [3.63, 3.8) is 0 Å². The third-order valence-corrected chi connectivity index (χ3v) is 5.89. The molecule has 10 nitrogen and oxygen atoms in total. The van der Waals surface area contributed by atoms with Gasteiger partial charge in [-0.1, -0.05) is 25.0 Å². The topological polar surface area (TPSA) is 139 Å². The lowest BCUT2D eigenvalue weighted by molar-refractivity contribution is 0.0515. The lowest BCUT2D eigenvalue weighted by Gasteiger charge is -2.19. The van der Waals surface area contributed by atoms with E-state index in [1.807, 2.05) is 59.7 Å². The van der Waals surface area contributed by atoms with Gasteiger partial charge < -0.3 is 34.9 Å². The van der Waals surface area contributed by atoms with Crippen molar-refractivity contribution in [1.29, 1.82) is 0 Å². The Morgan fingerprint density at radius 2 is 1.35 bits per heavy atom. The Morgan fingerprint density at radius 1 is 0.800 bits per heavy atom. The number of nitrogens with one attached hydrogen (secondary N) is 3. The monoisotopic (exact) mass is 561 g/mol. The van der Waals surface area contributed by atoms with Crippen molar-refractivity contribution in [2.24, 2.45) is 0 Å². The smallest absolute Gasteiger partial charge is 0.407 e. The van der Waals surface area contributed by atoms with Crippen LogP contribution in [0.25, 0.3) is 10.9 Å². The number of carboxylic acids is 1. The molecule has 0 fully saturated rings. The average molecular weight is 562 g/mol. The van der Waals surface area contributed by atoms with Crippen LogP contribution in [0.2, 0.25) is 0 Å². The number of benzene rings is 1. The molecule has 0 aliphatic heterocycles. The van der Waals surface area contributed by atoms with E-state index in [2.05, 4.69) is 15.6 Å². The number of carbonyl (C=O) groups is 3. The molecule has 0 aliphatic carbocycles. The molecule has 10 heteroatoms. The minimum absolute atomic E-state index is 0.200.